The molecular weight excluding hydrogens is 438 g/mol. The average Bonchev–Trinajstić information content (AvgIpc) is 3.39. The maximum absolute atomic E-state index is 13.0. The molecule has 8 heteroatoms. The van der Waals surface area contributed by atoms with Gasteiger partial charge in [0.2, 0.25) is 5.91 Å². The SMILES string of the molecule is COc1ccc(NC(=O)c2ccc(NC(=O)C3CCCCN3C(=O)c3cccs3)cc2)cc1. The number of nitrogens with zero attached hydrogens (tertiary/aromatic N) is 1. The van der Waals surface area contributed by atoms with Gasteiger partial charge < -0.3 is 20.3 Å². The number of hydrogen-bond donors (Lipinski definition) is 2. The Bertz CT molecular complexity index is 1110. The van der Waals surface area contributed by atoms with Gasteiger partial charge in [0.1, 0.15) is 11.8 Å². The quantitative estimate of drug-likeness (QED) is 0.557. The fourth-order valence-electron chi connectivity index (χ4n) is 3.80. The van der Waals surface area contributed by atoms with E-state index in [1.165, 1.54) is 11.3 Å². The van der Waals surface area contributed by atoms with E-state index in [4.69, 9.17) is 4.74 Å². The molecular formula is C25H25N3O4S. The van der Waals surface area contributed by atoms with Crippen LogP contribution in [0.25, 0.3) is 0 Å². The average molecular weight is 464 g/mol. The molecule has 1 aliphatic heterocycles. The van der Waals surface area contributed by atoms with Gasteiger partial charge in [-0.2, -0.15) is 0 Å². The molecule has 1 fully saturated rings. The van der Waals surface area contributed by atoms with Gasteiger partial charge in [0.05, 0.1) is 12.0 Å². The van der Waals surface area contributed by atoms with E-state index < -0.39 is 6.04 Å². The fourth-order valence-corrected chi connectivity index (χ4v) is 4.48. The van der Waals surface area contributed by atoms with Crippen molar-refractivity contribution in [1.82, 2.24) is 4.90 Å². The minimum Gasteiger partial charge on any atom is -0.497 e. The lowest BCUT2D eigenvalue weighted by Crippen LogP contribution is -2.49. The number of thiophene rings is 1. The van der Waals surface area contributed by atoms with Gasteiger partial charge in [0, 0.05) is 23.5 Å². The molecule has 0 bridgehead atoms. The first-order chi connectivity index (χ1) is 16.0. The zero-order valence-corrected chi connectivity index (χ0v) is 19.1. The Kier molecular flexibility index (Phi) is 7.04. The van der Waals surface area contributed by atoms with Crippen LogP contribution in [0.3, 0.4) is 0 Å². The molecule has 0 radical (unpaired) electrons. The number of carbonyl (C=O) groups excluding carboxylic acids is 3. The highest BCUT2D eigenvalue weighted by atomic mass is 32.1. The lowest BCUT2D eigenvalue weighted by Gasteiger charge is -2.34. The molecule has 4 rings (SSSR count). The molecule has 0 aliphatic carbocycles. The van der Waals surface area contributed by atoms with E-state index in [9.17, 15) is 14.4 Å². The van der Waals surface area contributed by atoms with Gasteiger partial charge in [-0.25, -0.2) is 0 Å². The van der Waals surface area contributed by atoms with E-state index in [1.807, 2.05) is 11.4 Å². The number of benzene rings is 2. The summed E-state index contributed by atoms with van der Waals surface area (Å²) in [6.45, 7) is 0.569. The highest BCUT2D eigenvalue weighted by Gasteiger charge is 2.33. The van der Waals surface area contributed by atoms with E-state index in [1.54, 1.807) is 66.6 Å². The number of rotatable bonds is 6. The first-order valence-corrected chi connectivity index (χ1v) is 11.6. The Balaban J connectivity index is 1.38. The third-order valence-electron chi connectivity index (χ3n) is 5.56. The molecule has 1 aliphatic rings. The smallest absolute Gasteiger partial charge is 0.264 e. The molecule has 170 valence electrons. The Hall–Kier alpha value is -3.65. The van der Waals surface area contributed by atoms with Gasteiger partial charge in [-0.05, 0) is 79.2 Å². The van der Waals surface area contributed by atoms with Gasteiger partial charge in [0.15, 0.2) is 0 Å². The summed E-state index contributed by atoms with van der Waals surface area (Å²) in [4.78, 5) is 40.6. The van der Waals surface area contributed by atoms with E-state index in [0.717, 1.165) is 12.8 Å². The van der Waals surface area contributed by atoms with Crippen LogP contribution in [0.1, 0.15) is 39.3 Å². The summed E-state index contributed by atoms with van der Waals surface area (Å²) < 4.78 is 5.12. The van der Waals surface area contributed by atoms with Crippen LogP contribution in [0.5, 0.6) is 5.75 Å². The number of hydrogen-bond acceptors (Lipinski definition) is 5. The zero-order chi connectivity index (χ0) is 23.2. The van der Waals surface area contributed by atoms with Crippen molar-refractivity contribution in [2.24, 2.45) is 0 Å². The Morgan fingerprint density at radius 1 is 0.939 bits per heavy atom. The molecule has 33 heavy (non-hydrogen) atoms. The molecule has 0 saturated carbocycles. The van der Waals surface area contributed by atoms with Gasteiger partial charge in [-0.1, -0.05) is 6.07 Å². The maximum atomic E-state index is 13.0. The molecule has 2 heterocycles. The molecule has 1 unspecified atom stereocenters. The number of anilines is 2. The monoisotopic (exact) mass is 463 g/mol. The van der Waals surface area contributed by atoms with E-state index in [-0.39, 0.29) is 17.7 Å². The third kappa shape index (κ3) is 5.40. The maximum Gasteiger partial charge on any atom is 0.264 e. The van der Waals surface area contributed by atoms with Crippen LogP contribution < -0.4 is 15.4 Å². The number of nitrogens with one attached hydrogen (secondary N) is 2. The molecule has 7 nitrogen and oxygen atoms in total. The van der Waals surface area contributed by atoms with Crippen LogP contribution >= 0.6 is 11.3 Å². The summed E-state index contributed by atoms with van der Waals surface area (Å²) in [6.07, 6.45) is 2.42. The Morgan fingerprint density at radius 2 is 1.64 bits per heavy atom. The number of ether oxygens (including phenoxy) is 1. The lowest BCUT2D eigenvalue weighted by atomic mass is 10.0. The van der Waals surface area contributed by atoms with Crippen LogP contribution in [0.4, 0.5) is 11.4 Å². The number of methoxy groups -OCH3 is 1. The van der Waals surface area contributed by atoms with Crippen molar-refractivity contribution in [2.75, 3.05) is 24.3 Å². The number of amides is 3. The first-order valence-electron chi connectivity index (χ1n) is 10.8. The summed E-state index contributed by atoms with van der Waals surface area (Å²) in [7, 11) is 1.58. The van der Waals surface area contributed by atoms with Crippen LogP contribution in [-0.2, 0) is 4.79 Å². The minimum absolute atomic E-state index is 0.101. The summed E-state index contributed by atoms with van der Waals surface area (Å²) in [5, 5.41) is 7.58. The zero-order valence-electron chi connectivity index (χ0n) is 18.2. The van der Waals surface area contributed by atoms with Crippen molar-refractivity contribution >= 4 is 40.4 Å². The predicted octanol–water partition coefficient (Wildman–Crippen LogP) is 4.64. The predicted molar refractivity (Wildman–Crippen MR) is 129 cm³/mol. The number of carbonyl (C=O) groups is 3. The highest BCUT2D eigenvalue weighted by molar-refractivity contribution is 7.12. The topological polar surface area (TPSA) is 87.7 Å². The van der Waals surface area contributed by atoms with E-state index in [0.29, 0.717) is 40.5 Å². The van der Waals surface area contributed by atoms with E-state index >= 15 is 0 Å². The van der Waals surface area contributed by atoms with Crippen molar-refractivity contribution in [3.8, 4) is 5.75 Å². The van der Waals surface area contributed by atoms with Gasteiger partial charge in [0.25, 0.3) is 11.8 Å². The van der Waals surface area contributed by atoms with Crippen molar-refractivity contribution in [1.29, 1.82) is 0 Å². The second-order valence-corrected chi connectivity index (χ2v) is 8.68. The highest BCUT2D eigenvalue weighted by Crippen LogP contribution is 2.23. The lowest BCUT2D eigenvalue weighted by molar-refractivity contribution is -0.121. The second-order valence-electron chi connectivity index (χ2n) is 7.74. The molecule has 2 N–H and O–H groups in total. The second kappa shape index (κ2) is 10.3. The molecule has 1 aromatic heterocycles. The van der Waals surface area contributed by atoms with Crippen LogP contribution in [0.15, 0.2) is 66.0 Å². The number of piperidine rings is 1. The molecule has 3 aromatic rings. The van der Waals surface area contributed by atoms with Crippen LogP contribution in [-0.4, -0.2) is 42.3 Å². The van der Waals surface area contributed by atoms with Crippen LogP contribution in [0.2, 0.25) is 0 Å². The van der Waals surface area contributed by atoms with Crippen molar-refractivity contribution in [3.05, 3.63) is 76.5 Å². The Labute approximate surface area is 196 Å². The molecule has 2 aromatic carbocycles. The summed E-state index contributed by atoms with van der Waals surface area (Å²) in [6, 6.07) is 16.9. The summed E-state index contributed by atoms with van der Waals surface area (Å²) >= 11 is 1.38. The third-order valence-corrected chi connectivity index (χ3v) is 6.42. The van der Waals surface area contributed by atoms with Gasteiger partial charge in [-0.3, -0.25) is 14.4 Å². The standard InChI is InChI=1S/C25H25N3O4S/c1-32-20-13-11-19(12-14-20)26-23(29)17-7-9-18(10-8-17)27-24(30)21-5-2-3-15-28(21)25(31)22-6-4-16-33-22/h4,6-14,16,21H,2-3,5,15H2,1H3,(H,26,29)(H,27,30). The number of likely N-dealkylation sites (tertiary alicyclic amines) is 1. The van der Waals surface area contributed by atoms with Crippen LogP contribution in [0, 0.1) is 0 Å². The first kappa shape index (κ1) is 22.5. The molecule has 1 saturated heterocycles. The van der Waals surface area contributed by atoms with Gasteiger partial charge >= 0.3 is 0 Å². The Morgan fingerprint density at radius 3 is 2.30 bits per heavy atom. The van der Waals surface area contributed by atoms with E-state index in [2.05, 4.69) is 10.6 Å². The fraction of sp³-hybridized carbons (Fsp3) is 0.240. The summed E-state index contributed by atoms with van der Waals surface area (Å²) in [5.41, 5.74) is 1.71. The van der Waals surface area contributed by atoms with Crippen molar-refractivity contribution in [3.63, 3.8) is 0 Å². The molecule has 3 amide bonds. The molecule has 0 spiro atoms. The summed E-state index contributed by atoms with van der Waals surface area (Å²) in [5.74, 6) is 0.144. The van der Waals surface area contributed by atoms with Crippen molar-refractivity contribution < 1.29 is 19.1 Å². The van der Waals surface area contributed by atoms with Gasteiger partial charge in [-0.15, -0.1) is 11.3 Å². The largest absolute Gasteiger partial charge is 0.497 e. The minimum atomic E-state index is -0.508. The molecule has 1 atom stereocenters. The van der Waals surface area contributed by atoms with Crippen molar-refractivity contribution in [2.45, 2.75) is 25.3 Å². The normalized spacial score (nSPS) is 15.5.